The molecule has 45 heavy (non-hydrogen) atoms. The number of fused-ring (bicyclic) bond motifs is 1. The van der Waals surface area contributed by atoms with Crippen molar-refractivity contribution in [2.75, 3.05) is 32.8 Å². The molecule has 1 amide bonds. The fraction of sp³-hybridized carbons (Fsp3) is 0.452. The van der Waals surface area contributed by atoms with Gasteiger partial charge >= 0.3 is 6.18 Å². The Morgan fingerprint density at radius 1 is 1.04 bits per heavy atom. The molecule has 0 atom stereocenters. The Labute approximate surface area is 259 Å². The molecule has 6 heterocycles. The molecule has 0 bridgehead atoms. The van der Waals surface area contributed by atoms with Crippen molar-refractivity contribution in [1.29, 1.82) is 0 Å². The van der Waals surface area contributed by atoms with Gasteiger partial charge in [0.15, 0.2) is 11.5 Å². The van der Waals surface area contributed by atoms with E-state index in [1.165, 1.54) is 10.9 Å². The molecule has 0 aliphatic carbocycles. The van der Waals surface area contributed by atoms with Crippen LogP contribution in [0, 0.1) is 11.9 Å². The molecule has 6 rings (SSSR count). The molecule has 239 valence electrons. The zero-order chi connectivity index (χ0) is 31.9. The van der Waals surface area contributed by atoms with Gasteiger partial charge in [-0.2, -0.15) is 13.2 Å². The monoisotopic (exact) mass is 642 g/mol. The van der Waals surface area contributed by atoms with Gasteiger partial charge in [-0.3, -0.25) is 9.69 Å². The minimum Gasteiger partial charge on any atom is -0.361 e. The van der Waals surface area contributed by atoms with Crippen molar-refractivity contribution in [1.82, 2.24) is 33.9 Å². The van der Waals surface area contributed by atoms with Gasteiger partial charge in [0, 0.05) is 82.6 Å². The van der Waals surface area contributed by atoms with Crippen molar-refractivity contribution >= 4 is 25.0 Å². The van der Waals surface area contributed by atoms with Crippen LogP contribution in [0.5, 0.6) is 0 Å². The van der Waals surface area contributed by atoms with E-state index in [2.05, 4.69) is 50.3 Å². The van der Waals surface area contributed by atoms with E-state index in [-0.39, 0.29) is 6.04 Å². The Kier molecular flexibility index (Phi) is 8.56. The smallest absolute Gasteiger partial charge is 0.361 e. The van der Waals surface area contributed by atoms with E-state index in [1.807, 2.05) is 29.1 Å². The predicted molar refractivity (Wildman–Crippen MR) is 163 cm³/mol. The topological polar surface area (TPSA) is 81.3 Å². The van der Waals surface area contributed by atoms with Crippen LogP contribution in [0.2, 0.25) is 25.7 Å². The van der Waals surface area contributed by atoms with Gasteiger partial charge < -0.3 is 18.8 Å². The molecule has 0 aromatic carbocycles. The number of alkyl halides is 3. The van der Waals surface area contributed by atoms with Crippen molar-refractivity contribution in [3.63, 3.8) is 0 Å². The van der Waals surface area contributed by atoms with Gasteiger partial charge in [0.25, 0.3) is 5.91 Å². The normalized spacial score (nSPS) is 17.3. The van der Waals surface area contributed by atoms with E-state index >= 15 is 0 Å². The fourth-order valence-electron chi connectivity index (χ4n) is 5.87. The summed E-state index contributed by atoms with van der Waals surface area (Å²) < 4.78 is 63.7. The molecule has 4 aromatic rings. The summed E-state index contributed by atoms with van der Waals surface area (Å²) in [5.41, 5.74) is 0.430. The molecule has 0 unspecified atom stereocenters. The van der Waals surface area contributed by atoms with Crippen molar-refractivity contribution in [2.45, 2.75) is 57.5 Å². The zero-order valence-corrected chi connectivity index (χ0v) is 26.5. The number of pyridine rings is 1. The Balaban J connectivity index is 1.03. The number of amides is 1. The summed E-state index contributed by atoms with van der Waals surface area (Å²) in [5, 5.41) is 0.965. The van der Waals surface area contributed by atoms with E-state index in [4.69, 9.17) is 4.74 Å². The number of hydrogen-bond donors (Lipinski definition) is 0. The van der Waals surface area contributed by atoms with Gasteiger partial charge in [-0.15, -0.1) is 0 Å². The highest BCUT2D eigenvalue weighted by molar-refractivity contribution is 6.76. The lowest BCUT2D eigenvalue weighted by molar-refractivity contribution is -0.143. The molecule has 0 spiro atoms. The number of piperidine rings is 1. The van der Waals surface area contributed by atoms with Gasteiger partial charge in [-0.25, -0.2) is 19.3 Å². The summed E-state index contributed by atoms with van der Waals surface area (Å²) in [6.45, 7) is 10.4. The van der Waals surface area contributed by atoms with E-state index < -0.39 is 37.2 Å². The first-order valence-corrected chi connectivity index (χ1v) is 18.8. The summed E-state index contributed by atoms with van der Waals surface area (Å²) in [6, 6.07) is 7.65. The summed E-state index contributed by atoms with van der Waals surface area (Å²) in [4.78, 5) is 28.8. The van der Waals surface area contributed by atoms with Gasteiger partial charge in [0.2, 0.25) is 0 Å². The van der Waals surface area contributed by atoms with Crippen LogP contribution in [0.4, 0.5) is 17.6 Å². The number of carbonyl (C=O) groups is 1. The summed E-state index contributed by atoms with van der Waals surface area (Å²) in [7, 11) is -1.16. The van der Waals surface area contributed by atoms with Crippen molar-refractivity contribution in [3.8, 4) is 11.3 Å². The number of likely N-dealkylation sites (tertiary alicyclic amines) is 2. The maximum absolute atomic E-state index is 14.5. The second-order valence-corrected chi connectivity index (χ2v) is 18.5. The molecule has 2 saturated heterocycles. The van der Waals surface area contributed by atoms with E-state index in [0.717, 1.165) is 60.3 Å². The van der Waals surface area contributed by atoms with Gasteiger partial charge in [-0.1, -0.05) is 19.6 Å². The van der Waals surface area contributed by atoms with Gasteiger partial charge in [0.05, 0.1) is 17.3 Å². The first-order valence-electron chi connectivity index (χ1n) is 15.0. The van der Waals surface area contributed by atoms with Crippen molar-refractivity contribution in [3.05, 3.63) is 72.4 Å². The van der Waals surface area contributed by atoms with Crippen LogP contribution in [-0.4, -0.2) is 86.7 Å². The lowest BCUT2D eigenvalue weighted by Crippen LogP contribution is -2.56. The third kappa shape index (κ3) is 6.68. The molecule has 0 saturated carbocycles. The second kappa shape index (κ2) is 12.3. The van der Waals surface area contributed by atoms with Gasteiger partial charge in [0.1, 0.15) is 18.7 Å². The number of hydrogen-bond acceptors (Lipinski definition) is 6. The average molecular weight is 643 g/mol. The lowest BCUT2D eigenvalue weighted by atomic mass is 9.97. The van der Waals surface area contributed by atoms with E-state index in [9.17, 15) is 22.4 Å². The van der Waals surface area contributed by atoms with Crippen LogP contribution in [0.25, 0.3) is 22.3 Å². The third-order valence-electron chi connectivity index (χ3n) is 8.54. The summed E-state index contributed by atoms with van der Waals surface area (Å²) in [6.07, 6.45) is 4.86. The largest absolute Gasteiger partial charge is 0.436 e. The number of rotatable bonds is 9. The molecule has 9 nitrogen and oxygen atoms in total. The Morgan fingerprint density at radius 2 is 1.80 bits per heavy atom. The maximum Gasteiger partial charge on any atom is 0.436 e. The fourth-order valence-corrected chi connectivity index (χ4v) is 6.62. The Hall–Kier alpha value is -3.62. The molecule has 2 aliphatic heterocycles. The van der Waals surface area contributed by atoms with Crippen LogP contribution >= 0.6 is 0 Å². The van der Waals surface area contributed by atoms with Crippen LogP contribution in [0.3, 0.4) is 0 Å². The predicted octanol–water partition coefficient (Wildman–Crippen LogP) is 5.77. The Morgan fingerprint density at radius 3 is 2.51 bits per heavy atom. The molecule has 2 aliphatic rings. The maximum atomic E-state index is 14.5. The number of ether oxygens (including phenoxy) is 1. The quantitative estimate of drug-likeness (QED) is 0.131. The average Bonchev–Trinajstić information content (AvgIpc) is 3.61. The third-order valence-corrected chi connectivity index (χ3v) is 10.2. The number of aromatic nitrogens is 5. The number of nitrogens with zero attached hydrogens (tertiary/aromatic N) is 7. The second-order valence-electron chi connectivity index (χ2n) is 12.9. The first-order chi connectivity index (χ1) is 21.4. The molecular formula is C31H36F4N7O2Si. The molecule has 2 fully saturated rings. The minimum absolute atomic E-state index is 0.232. The zero-order valence-electron chi connectivity index (χ0n) is 25.5. The molecule has 0 N–H and O–H groups in total. The highest BCUT2D eigenvalue weighted by atomic mass is 28.3. The first kappa shape index (κ1) is 31.4. The molecular weight excluding hydrogens is 606 g/mol. The highest BCUT2D eigenvalue weighted by Crippen LogP contribution is 2.33. The summed E-state index contributed by atoms with van der Waals surface area (Å²) >= 11 is 0. The van der Waals surface area contributed by atoms with Crippen molar-refractivity contribution in [2.24, 2.45) is 0 Å². The molecule has 1 radical (unpaired) electrons. The number of carbonyl (C=O) groups excluding carboxylic acids is 1. The molecule has 14 heteroatoms. The van der Waals surface area contributed by atoms with Crippen LogP contribution in [-0.2, 0) is 17.6 Å². The van der Waals surface area contributed by atoms with Crippen LogP contribution in [0.1, 0.15) is 28.9 Å². The summed E-state index contributed by atoms with van der Waals surface area (Å²) in [5.74, 6) is -2.36. The van der Waals surface area contributed by atoms with E-state index in [1.54, 1.807) is 6.33 Å². The highest BCUT2D eigenvalue weighted by Gasteiger charge is 2.40. The Bertz CT molecular complexity index is 1670. The lowest BCUT2D eigenvalue weighted by Gasteiger charge is -2.47. The molecule has 4 aromatic heterocycles. The minimum atomic E-state index is -4.96. The van der Waals surface area contributed by atoms with E-state index in [0.29, 0.717) is 32.7 Å². The number of halogens is 4. The van der Waals surface area contributed by atoms with Crippen LogP contribution < -0.4 is 0 Å². The SMILES string of the molecule is C[Si](C)(C)CCOCn1ccc2c(-c3ccn([C]4CN(C5CCN(C(=O)c6ccnc(C(F)(F)F)c6F)CC5)C4)c3)ncnc21. The van der Waals surface area contributed by atoms with Gasteiger partial charge in [-0.05, 0) is 37.1 Å². The van der Waals surface area contributed by atoms with Crippen molar-refractivity contribution < 1.29 is 27.1 Å². The van der Waals surface area contributed by atoms with Crippen LogP contribution in [0.15, 0.2) is 49.3 Å². The standard InChI is InChI=1S/C31H36F4N7O2Si/c1-45(2,3)15-14-44-20-41-13-8-25-27(37-19-38-29(25)41)21-5-10-40(16-21)23-17-42(18-23)22-6-11-39(12-7-22)30(43)24-4-9-36-28(26(24)32)31(33,34)35/h4-5,8-10,13,16,19,22H,6-7,11-12,14-15,17-18,20H2,1-3H3.